The summed E-state index contributed by atoms with van der Waals surface area (Å²) in [6.45, 7) is 4.54. The molecule has 3 atom stereocenters. The first-order valence-electron chi connectivity index (χ1n) is 6.59. The fourth-order valence-corrected chi connectivity index (χ4v) is 2.95. The third-order valence-corrected chi connectivity index (χ3v) is 4.16. The molecule has 0 aromatic heterocycles. The lowest BCUT2D eigenvalue weighted by Gasteiger charge is -2.36. The molecule has 94 valence electrons. The molecule has 0 aliphatic heterocycles. The normalized spacial score (nSPS) is 29.6. The Labute approximate surface area is 103 Å². The van der Waals surface area contributed by atoms with E-state index in [1.165, 1.54) is 12.5 Å². The van der Waals surface area contributed by atoms with Crippen LogP contribution in [0.1, 0.15) is 44.6 Å². The minimum atomic E-state index is -0.152. The van der Waals surface area contributed by atoms with Crippen molar-refractivity contribution in [3.8, 4) is 0 Å². The number of rotatable bonds is 2. The molecule has 1 aromatic rings. The molecule has 1 aromatic carbocycles. The van der Waals surface area contributed by atoms with Crippen LogP contribution in [0, 0.1) is 17.7 Å². The minimum Gasteiger partial charge on any atom is -0.327 e. The third kappa shape index (κ3) is 2.86. The molecule has 0 saturated heterocycles. The van der Waals surface area contributed by atoms with Crippen molar-refractivity contribution in [2.24, 2.45) is 17.6 Å². The van der Waals surface area contributed by atoms with Crippen molar-refractivity contribution < 1.29 is 4.39 Å². The summed E-state index contributed by atoms with van der Waals surface area (Å²) >= 11 is 0. The van der Waals surface area contributed by atoms with E-state index in [-0.39, 0.29) is 11.9 Å². The van der Waals surface area contributed by atoms with E-state index in [1.54, 1.807) is 12.1 Å². The predicted octanol–water partition coefficient (Wildman–Crippen LogP) is 3.69. The molecule has 2 heteroatoms. The van der Waals surface area contributed by atoms with Gasteiger partial charge in [-0.05, 0) is 54.7 Å². The maximum Gasteiger partial charge on any atom is 0.123 e. The van der Waals surface area contributed by atoms with Gasteiger partial charge in [0, 0.05) is 6.04 Å². The third-order valence-electron chi connectivity index (χ3n) is 4.16. The van der Waals surface area contributed by atoms with E-state index in [2.05, 4.69) is 13.8 Å². The zero-order valence-corrected chi connectivity index (χ0v) is 10.7. The fourth-order valence-electron chi connectivity index (χ4n) is 2.95. The monoisotopic (exact) mass is 235 g/mol. The van der Waals surface area contributed by atoms with Crippen LogP contribution < -0.4 is 5.73 Å². The summed E-state index contributed by atoms with van der Waals surface area (Å²) < 4.78 is 13.3. The maximum atomic E-state index is 13.3. The number of nitrogens with two attached hydrogens (primary N) is 1. The molecule has 1 aliphatic carbocycles. The Hall–Kier alpha value is -0.890. The molecular formula is C15H22FN. The van der Waals surface area contributed by atoms with Crippen LogP contribution in [0.2, 0.25) is 0 Å². The van der Waals surface area contributed by atoms with Crippen molar-refractivity contribution in [3.63, 3.8) is 0 Å². The van der Waals surface area contributed by atoms with Crippen LogP contribution in [-0.4, -0.2) is 6.04 Å². The second kappa shape index (κ2) is 5.18. The molecule has 0 radical (unpaired) electrons. The largest absolute Gasteiger partial charge is 0.327 e. The first-order valence-corrected chi connectivity index (χ1v) is 6.59. The topological polar surface area (TPSA) is 26.0 Å². The lowest BCUT2D eigenvalue weighted by molar-refractivity contribution is 0.232. The molecule has 0 bridgehead atoms. The van der Waals surface area contributed by atoms with Gasteiger partial charge in [-0.3, -0.25) is 0 Å². The van der Waals surface area contributed by atoms with E-state index < -0.39 is 0 Å². The van der Waals surface area contributed by atoms with Crippen molar-refractivity contribution in [3.05, 3.63) is 35.6 Å². The van der Waals surface area contributed by atoms with Crippen LogP contribution in [0.15, 0.2) is 24.3 Å². The summed E-state index contributed by atoms with van der Waals surface area (Å²) in [5.74, 6) is 1.59. The molecule has 1 aliphatic rings. The van der Waals surface area contributed by atoms with Crippen LogP contribution in [-0.2, 0) is 0 Å². The second-order valence-corrected chi connectivity index (χ2v) is 5.64. The van der Waals surface area contributed by atoms with E-state index in [1.807, 2.05) is 6.07 Å². The van der Waals surface area contributed by atoms with Gasteiger partial charge in [-0.1, -0.05) is 26.0 Å². The van der Waals surface area contributed by atoms with Crippen LogP contribution in [0.25, 0.3) is 0 Å². The van der Waals surface area contributed by atoms with Crippen LogP contribution in [0.4, 0.5) is 4.39 Å². The van der Waals surface area contributed by atoms with Crippen LogP contribution in [0.3, 0.4) is 0 Å². The van der Waals surface area contributed by atoms with Crippen molar-refractivity contribution in [2.75, 3.05) is 0 Å². The average Bonchev–Trinajstić information content (AvgIpc) is 2.29. The number of hydrogen-bond donors (Lipinski definition) is 1. The molecule has 2 N–H and O–H groups in total. The first kappa shape index (κ1) is 12.6. The maximum absolute atomic E-state index is 13.3. The van der Waals surface area contributed by atoms with E-state index >= 15 is 0 Å². The van der Waals surface area contributed by atoms with Gasteiger partial charge in [0.15, 0.2) is 0 Å². The summed E-state index contributed by atoms with van der Waals surface area (Å²) in [6, 6.07) is 7.13. The molecule has 0 heterocycles. The van der Waals surface area contributed by atoms with Crippen LogP contribution in [0.5, 0.6) is 0 Å². The average molecular weight is 235 g/mol. The Morgan fingerprint density at radius 1 is 1.29 bits per heavy atom. The van der Waals surface area contributed by atoms with Crippen molar-refractivity contribution in [1.29, 1.82) is 0 Å². The molecule has 2 rings (SSSR count). The van der Waals surface area contributed by atoms with E-state index in [9.17, 15) is 4.39 Å². The van der Waals surface area contributed by atoms with Gasteiger partial charge in [-0.15, -0.1) is 0 Å². The molecule has 3 unspecified atom stereocenters. The quantitative estimate of drug-likeness (QED) is 0.831. The summed E-state index contributed by atoms with van der Waals surface area (Å²) in [5.41, 5.74) is 7.27. The van der Waals surface area contributed by atoms with Crippen LogP contribution >= 0.6 is 0 Å². The van der Waals surface area contributed by atoms with Gasteiger partial charge in [0.05, 0.1) is 0 Å². The SMILES string of the molecule is CC(C)C1CCC(N)C(c2cccc(F)c2)C1. The van der Waals surface area contributed by atoms with Gasteiger partial charge in [0.2, 0.25) is 0 Å². The van der Waals surface area contributed by atoms with Gasteiger partial charge in [0.1, 0.15) is 5.82 Å². The van der Waals surface area contributed by atoms with Crippen molar-refractivity contribution in [2.45, 2.75) is 45.1 Å². The van der Waals surface area contributed by atoms with Gasteiger partial charge in [-0.25, -0.2) is 4.39 Å². The van der Waals surface area contributed by atoms with Crippen molar-refractivity contribution in [1.82, 2.24) is 0 Å². The Morgan fingerprint density at radius 3 is 2.71 bits per heavy atom. The highest BCUT2D eigenvalue weighted by Gasteiger charge is 2.30. The number of halogens is 1. The Kier molecular flexibility index (Phi) is 3.82. The number of benzene rings is 1. The van der Waals surface area contributed by atoms with Gasteiger partial charge in [0.25, 0.3) is 0 Å². The fraction of sp³-hybridized carbons (Fsp3) is 0.600. The molecular weight excluding hydrogens is 213 g/mol. The summed E-state index contributed by atoms with van der Waals surface area (Å²) in [5, 5.41) is 0. The number of hydrogen-bond acceptors (Lipinski definition) is 1. The second-order valence-electron chi connectivity index (χ2n) is 5.64. The highest BCUT2D eigenvalue weighted by Crippen LogP contribution is 2.38. The van der Waals surface area contributed by atoms with Gasteiger partial charge >= 0.3 is 0 Å². The van der Waals surface area contributed by atoms with Gasteiger partial charge in [-0.2, -0.15) is 0 Å². The highest BCUT2D eigenvalue weighted by molar-refractivity contribution is 5.23. The molecule has 1 fully saturated rings. The smallest absolute Gasteiger partial charge is 0.123 e. The molecule has 1 saturated carbocycles. The Morgan fingerprint density at radius 2 is 2.06 bits per heavy atom. The van der Waals surface area contributed by atoms with E-state index in [0.29, 0.717) is 11.8 Å². The lowest BCUT2D eigenvalue weighted by atomic mass is 9.71. The summed E-state index contributed by atoms with van der Waals surface area (Å²) in [7, 11) is 0. The molecule has 0 spiro atoms. The zero-order valence-electron chi connectivity index (χ0n) is 10.7. The summed E-state index contributed by atoms with van der Waals surface area (Å²) in [6.07, 6.45) is 3.37. The molecule has 0 amide bonds. The predicted molar refractivity (Wildman–Crippen MR) is 69.3 cm³/mol. The molecule has 17 heavy (non-hydrogen) atoms. The Bertz CT molecular complexity index is 375. The Balaban J connectivity index is 2.18. The minimum absolute atomic E-state index is 0.152. The summed E-state index contributed by atoms with van der Waals surface area (Å²) in [4.78, 5) is 0. The lowest BCUT2D eigenvalue weighted by Crippen LogP contribution is -2.35. The van der Waals surface area contributed by atoms with Gasteiger partial charge < -0.3 is 5.73 Å². The van der Waals surface area contributed by atoms with Crippen molar-refractivity contribution >= 4 is 0 Å². The first-order chi connectivity index (χ1) is 8.08. The van der Waals surface area contributed by atoms with E-state index in [0.717, 1.165) is 24.3 Å². The van der Waals surface area contributed by atoms with E-state index in [4.69, 9.17) is 5.73 Å². The highest BCUT2D eigenvalue weighted by atomic mass is 19.1. The standard InChI is InChI=1S/C15H22FN/c1-10(2)11-6-7-15(17)14(9-11)12-4-3-5-13(16)8-12/h3-5,8,10-11,14-15H,6-7,9,17H2,1-2H3. The molecule has 1 nitrogen and oxygen atoms in total. The zero-order chi connectivity index (χ0) is 12.4.